The van der Waals surface area contributed by atoms with Gasteiger partial charge >= 0.3 is 0 Å². The van der Waals surface area contributed by atoms with E-state index in [4.69, 9.17) is 4.74 Å². The molecule has 6 atom stereocenters. The van der Waals surface area contributed by atoms with Crippen molar-refractivity contribution in [1.82, 2.24) is 15.8 Å². The quantitative estimate of drug-likeness (QED) is 0.483. The summed E-state index contributed by atoms with van der Waals surface area (Å²) in [5.74, 6) is 2.62. The maximum absolute atomic E-state index is 13.2. The summed E-state index contributed by atoms with van der Waals surface area (Å²) in [6.45, 7) is 4.69. The topological polar surface area (TPSA) is 68.9 Å². The molecule has 7 nitrogen and oxygen atoms in total. The molecule has 7 heteroatoms. The predicted octanol–water partition coefficient (Wildman–Crippen LogP) is 4.99. The van der Waals surface area contributed by atoms with Crippen molar-refractivity contribution in [2.45, 2.75) is 81.3 Å². The molecule has 1 amide bonds. The van der Waals surface area contributed by atoms with E-state index in [-0.39, 0.29) is 11.3 Å². The van der Waals surface area contributed by atoms with Gasteiger partial charge in [0.25, 0.3) is 0 Å². The number of carbonyl (C=O) groups is 1. The van der Waals surface area contributed by atoms with Crippen molar-refractivity contribution in [2.24, 2.45) is 17.8 Å². The fourth-order valence-electron chi connectivity index (χ4n) is 9.39. The highest BCUT2D eigenvalue weighted by atomic mass is 16.5. The second-order valence-electron chi connectivity index (χ2n) is 13.7. The molecule has 0 radical (unpaired) electrons. The van der Waals surface area contributed by atoms with Gasteiger partial charge in [-0.1, -0.05) is 31.4 Å². The van der Waals surface area contributed by atoms with Crippen LogP contribution in [0.25, 0.3) is 0 Å². The third kappa shape index (κ3) is 4.38. The minimum absolute atomic E-state index is 0.193. The minimum Gasteiger partial charge on any atom is -0.497 e. The number of ether oxygens (including phenoxy) is 1. The van der Waals surface area contributed by atoms with Crippen LogP contribution in [-0.4, -0.2) is 56.2 Å². The molecule has 3 saturated carbocycles. The molecular weight excluding hydrogens is 510 g/mol. The number of hydrogen-bond acceptors (Lipinski definition) is 6. The number of anilines is 2. The van der Waals surface area contributed by atoms with Gasteiger partial charge in [0.05, 0.1) is 18.6 Å². The van der Waals surface area contributed by atoms with Gasteiger partial charge in [-0.15, -0.1) is 0 Å². The third-order valence-corrected chi connectivity index (χ3v) is 11.8. The molecule has 6 aliphatic rings. The Labute approximate surface area is 244 Å². The molecule has 1 spiro atoms. The van der Waals surface area contributed by atoms with E-state index in [0.717, 1.165) is 49.0 Å². The van der Waals surface area contributed by atoms with Gasteiger partial charge in [-0.3, -0.25) is 15.1 Å². The van der Waals surface area contributed by atoms with Crippen LogP contribution < -0.4 is 25.8 Å². The van der Waals surface area contributed by atoms with E-state index in [9.17, 15) is 4.79 Å². The van der Waals surface area contributed by atoms with Gasteiger partial charge in [0, 0.05) is 49.6 Å². The summed E-state index contributed by atoms with van der Waals surface area (Å²) in [5.41, 5.74) is 11.9. The van der Waals surface area contributed by atoms with Crippen LogP contribution >= 0.6 is 0 Å². The Morgan fingerprint density at radius 1 is 0.902 bits per heavy atom. The molecule has 8 rings (SSSR count). The normalized spacial score (nSPS) is 35.3. The van der Waals surface area contributed by atoms with Crippen LogP contribution in [0.1, 0.15) is 75.0 Å². The Balaban J connectivity index is 0.890. The number of nitrogens with one attached hydrogen (secondary N) is 3. The van der Waals surface area contributed by atoms with Gasteiger partial charge in [-0.05, 0) is 97.7 Å². The summed E-state index contributed by atoms with van der Waals surface area (Å²) < 4.78 is 5.49. The zero-order valence-electron chi connectivity index (χ0n) is 24.4. The summed E-state index contributed by atoms with van der Waals surface area (Å²) in [7, 11) is 1.70. The van der Waals surface area contributed by atoms with Crippen LogP contribution in [0.2, 0.25) is 0 Å². The van der Waals surface area contributed by atoms with Crippen LogP contribution in [0.5, 0.6) is 5.75 Å². The van der Waals surface area contributed by atoms with E-state index in [2.05, 4.69) is 56.3 Å². The molecule has 2 aromatic carbocycles. The first-order valence-corrected chi connectivity index (χ1v) is 16.2. The Hall–Kier alpha value is -2.61. The van der Waals surface area contributed by atoms with E-state index in [0.29, 0.717) is 29.8 Å². The van der Waals surface area contributed by atoms with Gasteiger partial charge in [-0.2, -0.15) is 0 Å². The van der Waals surface area contributed by atoms with Crippen LogP contribution in [0.3, 0.4) is 0 Å². The van der Waals surface area contributed by atoms with Crippen molar-refractivity contribution in [3.05, 3.63) is 53.6 Å². The molecule has 4 unspecified atom stereocenters. The third-order valence-electron chi connectivity index (χ3n) is 11.8. The number of amides is 1. The van der Waals surface area contributed by atoms with Gasteiger partial charge in [0.1, 0.15) is 5.75 Å². The Morgan fingerprint density at radius 3 is 2.49 bits per heavy atom. The molecule has 0 aromatic heterocycles. The fraction of sp³-hybridized carbons (Fsp3) is 0.618. The van der Waals surface area contributed by atoms with E-state index >= 15 is 0 Å². The van der Waals surface area contributed by atoms with Crippen molar-refractivity contribution in [3.8, 4) is 5.75 Å². The maximum atomic E-state index is 13.2. The number of nitrogens with zero attached hydrogens (tertiary/aromatic N) is 2. The number of piperazine rings is 1. The number of benzene rings is 2. The molecule has 2 saturated heterocycles. The number of methoxy groups -OCH3 is 1. The second kappa shape index (κ2) is 10.3. The molecular formula is C34H45N5O2. The minimum atomic E-state index is -0.343. The summed E-state index contributed by atoms with van der Waals surface area (Å²) in [5, 5.41) is 3.16. The average Bonchev–Trinajstić information content (AvgIpc) is 3.56. The molecule has 3 aliphatic carbocycles. The fourth-order valence-corrected chi connectivity index (χ4v) is 9.39. The Bertz CT molecular complexity index is 1280. The van der Waals surface area contributed by atoms with Crippen LogP contribution in [0.15, 0.2) is 42.5 Å². The number of hydrazine groups is 1. The molecule has 41 heavy (non-hydrogen) atoms. The summed E-state index contributed by atoms with van der Waals surface area (Å²) in [6.07, 6.45) is 11.6. The molecule has 3 N–H and O–H groups in total. The van der Waals surface area contributed by atoms with E-state index in [1.807, 2.05) is 12.1 Å². The predicted molar refractivity (Wildman–Crippen MR) is 162 cm³/mol. The van der Waals surface area contributed by atoms with Crippen LogP contribution in [0.4, 0.5) is 11.4 Å². The smallest absolute Gasteiger partial charge is 0.235 e. The van der Waals surface area contributed by atoms with Crippen molar-refractivity contribution < 1.29 is 9.53 Å². The second-order valence-corrected chi connectivity index (χ2v) is 13.7. The zero-order chi connectivity index (χ0) is 27.6. The van der Waals surface area contributed by atoms with Crippen molar-refractivity contribution in [3.63, 3.8) is 0 Å². The van der Waals surface area contributed by atoms with Gasteiger partial charge in [-0.25, -0.2) is 5.43 Å². The van der Waals surface area contributed by atoms with E-state index < -0.39 is 0 Å². The highest BCUT2D eigenvalue weighted by molar-refractivity contribution is 6.09. The first-order chi connectivity index (χ1) is 20.1. The summed E-state index contributed by atoms with van der Waals surface area (Å²) in [6, 6.07) is 17.1. The summed E-state index contributed by atoms with van der Waals surface area (Å²) in [4.78, 5) is 18.5. The first kappa shape index (κ1) is 26.1. The molecule has 5 fully saturated rings. The first-order valence-electron chi connectivity index (χ1n) is 16.2. The van der Waals surface area contributed by atoms with Gasteiger partial charge < -0.3 is 15.0 Å². The lowest BCUT2D eigenvalue weighted by atomic mass is 9.72. The Morgan fingerprint density at radius 2 is 1.71 bits per heavy atom. The summed E-state index contributed by atoms with van der Waals surface area (Å²) >= 11 is 0. The highest BCUT2D eigenvalue weighted by Gasteiger charge is 2.67. The van der Waals surface area contributed by atoms with E-state index in [1.54, 1.807) is 7.11 Å². The molecule has 3 heterocycles. The maximum Gasteiger partial charge on any atom is 0.235 e. The monoisotopic (exact) mass is 555 g/mol. The number of hydrogen-bond donors (Lipinski definition) is 3. The van der Waals surface area contributed by atoms with Gasteiger partial charge in [0.15, 0.2) is 0 Å². The van der Waals surface area contributed by atoms with E-state index in [1.165, 1.54) is 69.3 Å². The molecule has 2 aromatic rings. The number of rotatable bonds is 5. The average molecular weight is 556 g/mol. The number of carbonyl (C=O) groups excluding carboxylic acids is 1. The number of fused-ring (bicyclic) bond motifs is 3. The largest absolute Gasteiger partial charge is 0.497 e. The lowest BCUT2D eigenvalue weighted by Gasteiger charge is -2.41. The molecule has 3 aliphatic heterocycles. The standard InChI is InChI=1S/C34H45N5O2/c1-41-26-12-14-30-28(20-26)34(33(40)35-30)21-29(34)23-9-13-27-31(19-23)36-37-32(27)22-7-10-25(11-8-22)39-17-15-38(16-18-39)24-5-3-2-4-6-24/h7-8,10-12,14,20,23-24,27,29,31-32,36-37H,2-6,9,13,15-19,21H2,1H3,(H,35,40)/t23?,27?,29-,31?,32?,34-/m0/s1. The van der Waals surface area contributed by atoms with Gasteiger partial charge in [0.2, 0.25) is 5.91 Å². The lowest BCUT2D eigenvalue weighted by Crippen LogP contribution is -2.50. The highest BCUT2D eigenvalue weighted by Crippen LogP contribution is 2.65. The molecule has 218 valence electrons. The van der Waals surface area contributed by atoms with Crippen LogP contribution in [-0.2, 0) is 10.2 Å². The van der Waals surface area contributed by atoms with Crippen molar-refractivity contribution >= 4 is 17.3 Å². The van der Waals surface area contributed by atoms with Crippen molar-refractivity contribution in [1.29, 1.82) is 0 Å². The zero-order valence-corrected chi connectivity index (χ0v) is 24.4. The Kier molecular flexibility index (Phi) is 6.53. The van der Waals surface area contributed by atoms with Crippen molar-refractivity contribution in [2.75, 3.05) is 43.5 Å². The lowest BCUT2D eigenvalue weighted by molar-refractivity contribution is -0.118. The molecule has 0 bridgehead atoms. The van der Waals surface area contributed by atoms with Crippen LogP contribution in [0, 0.1) is 17.8 Å². The SMILES string of the molecule is COc1ccc2c(c1)[C@]1(C[C@H]1C1CCC3C(C1)NNC3c1ccc(N3CCN(C4CCCCC4)CC3)cc1)C(=O)N2.